The number of hydrogen-bond donors (Lipinski definition) is 1. The fraction of sp³-hybridized carbons (Fsp3) is 0.167. The third-order valence-corrected chi connectivity index (χ3v) is 3.86. The topological polar surface area (TPSA) is 68.6 Å². The summed E-state index contributed by atoms with van der Waals surface area (Å²) in [6, 6.07) is 13.7. The van der Waals surface area contributed by atoms with Crippen molar-refractivity contribution in [2.45, 2.75) is 6.92 Å². The maximum atomic E-state index is 5.61. The Balaban J connectivity index is 1.61. The molecule has 2 heterocycles. The van der Waals surface area contributed by atoms with Crippen LogP contribution in [0.25, 0.3) is 10.8 Å². The number of fused-ring (bicyclic) bond motifs is 2. The lowest BCUT2D eigenvalue weighted by molar-refractivity contribution is 0.171. The lowest BCUT2D eigenvalue weighted by Gasteiger charge is -2.18. The van der Waals surface area contributed by atoms with Gasteiger partial charge in [-0.2, -0.15) is 10.2 Å². The number of nitrogens with one attached hydrogen (secondary N) is 1. The summed E-state index contributed by atoms with van der Waals surface area (Å²) in [5.74, 6) is 2.15. The van der Waals surface area contributed by atoms with E-state index in [-0.39, 0.29) is 0 Å². The Hall–Kier alpha value is -3.15. The number of hydrogen-bond acceptors (Lipinski definition) is 6. The second-order valence-electron chi connectivity index (χ2n) is 5.45. The van der Waals surface area contributed by atoms with E-state index in [1.807, 2.05) is 49.4 Å². The van der Waals surface area contributed by atoms with Crippen LogP contribution in [-0.4, -0.2) is 29.1 Å². The van der Waals surface area contributed by atoms with Gasteiger partial charge in [0.2, 0.25) is 0 Å². The monoisotopic (exact) mass is 320 g/mol. The molecule has 0 amide bonds. The van der Waals surface area contributed by atoms with Crippen LogP contribution >= 0.6 is 0 Å². The van der Waals surface area contributed by atoms with Crippen LogP contribution in [0.4, 0.5) is 5.82 Å². The van der Waals surface area contributed by atoms with E-state index in [2.05, 4.69) is 20.7 Å². The molecule has 4 rings (SSSR count). The molecule has 1 aliphatic rings. The highest BCUT2D eigenvalue weighted by Gasteiger charge is 2.12. The standard InChI is InChI=1S/C18H16N4O2/c1-12(13-6-7-16-17(10-13)24-9-8-23-16)20-22-18-15-5-3-2-4-14(15)11-19-21-18/h2-7,10-11H,8-9H2,1H3,(H,21,22). The molecule has 0 spiro atoms. The van der Waals surface area contributed by atoms with Crippen molar-refractivity contribution in [3.63, 3.8) is 0 Å². The first-order chi connectivity index (χ1) is 11.8. The molecule has 0 fully saturated rings. The minimum Gasteiger partial charge on any atom is -0.486 e. The molecule has 0 unspecified atom stereocenters. The highest BCUT2D eigenvalue weighted by molar-refractivity contribution is 6.00. The quantitative estimate of drug-likeness (QED) is 0.593. The summed E-state index contributed by atoms with van der Waals surface area (Å²) in [4.78, 5) is 0. The Morgan fingerprint density at radius 1 is 1.08 bits per heavy atom. The lowest BCUT2D eigenvalue weighted by atomic mass is 10.1. The number of nitrogens with zero attached hydrogens (tertiary/aromatic N) is 3. The molecule has 0 saturated heterocycles. The van der Waals surface area contributed by atoms with Crippen LogP contribution in [0.5, 0.6) is 11.5 Å². The normalized spacial score (nSPS) is 13.8. The van der Waals surface area contributed by atoms with Gasteiger partial charge in [-0.05, 0) is 25.1 Å². The van der Waals surface area contributed by atoms with E-state index in [1.165, 1.54) is 0 Å². The van der Waals surface area contributed by atoms with Crippen molar-refractivity contribution >= 4 is 22.3 Å². The molecule has 6 nitrogen and oxygen atoms in total. The molecule has 3 aromatic rings. The molecule has 6 heteroatoms. The van der Waals surface area contributed by atoms with E-state index >= 15 is 0 Å². The zero-order valence-electron chi connectivity index (χ0n) is 13.2. The summed E-state index contributed by atoms with van der Waals surface area (Å²) in [6.07, 6.45) is 1.73. The first-order valence-corrected chi connectivity index (χ1v) is 7.72. The van der Waals surface area contributed by atoms with Crippen LogP contribution in [-0.2, 0) is 0 Å². The largest absolute Gasteiger partial charge is 0.486 e. The van der Waals surface area contributed by atoms with Crippen molar-refractivity contribution < 1.29 is 9.47 Å². The van der Waals surface area contributed by atoms with Crippen molar-refractivity contribution in [2.24, 2.45) is 5.10 Å². The number of ether oxygens (including phenoxy) is 2. The molecule has 0 radical (unpaired) electrons. The highest BCUT2D eigenvalue weighted by atomic mass is 16.6. The van der Waals surface area contributed by atoms with Crippen LogP contribution in [0.2, 0.25) is 0 Å². The molecule has 0 aliphatic carbocycles. The third kappa shape index (κ3) is 2.74. The van der Waals surface area contributed by atoms with Gasteiger partial charge in [-0.15, -0.1) is 5.10 Å². The van der Waals surface area contributed by atoms with E-state index in [0.29, 0.717) is 19.0 Å². The third-order valence-electron chi connectivity index (χ3n) is 3.86. The molecule has 0 bridgehead atoms. The molecular formula is C18H16N4O2. The zero-order chi connectivity index (χ0) is 16.4. The fourth-order valence-electron chi connectivity index (χ4n) is 2.58. The van der Waals surface area contributed by atoms with Gasteiger partial charge in [0.1, 0.15) is 13.2 Å². The molecule has 0 atom stereocenters. The minimum atomic E-state index is 0.566. The SMILES string of the molecule is CC(=NNc1nncc2ccccc12)c1ccc2c(c1)OCCO2. The van der Waals surface area contributed by atoms with Crippen molar-refractivity contribution in [2.75, 3.05) is 18.6 Å². The average molecular weight is 320 g/mol. The van der Waals surface area contributed by atoms with Crippen LogP contribution in [0.15, 0.2) is 53.8 Å². The predicted octanol–water partition coefficient (Wildman–Crippen LogP) is 3.24. The van der Waals surface area contributed by atoms with Crippen molar-refractivity contribution in [3.05, 3.63) is 54.2 Å². The molecule has 1 aromatic heterocycles. The summed E-state index contributed by atoms with van der Waals surface area (Å²) in [5.41, 5.74) is 4.79. The summed E-state index contributed by atoms with van der Waals surface area (Å²) >= 11 is 0. The minimum absolute atomic E-state index is 0.566. The van der Waals surface area contributed by atoms with Crippen LogP contribution in [0.3, 0.4) is 0 Å². The average Bonchev–Trinajstić information content (AvgIpc) is 2.65. The van der Waals surface area contributed by atoms with Crippen LogP contribution in [0.1, 0.15) is 12.5 Å². The fourth-order valence-corrected chi connectivity index (χ4v) is 2.58. The van der Waals surface area contributed by atoms with Gasteiger partial charge in [0.05, 0.1) is 11.9 Å². The maximum Gasteiger partial charge on any atom is 0.176 e. The maximum absolute atomic E-state index is 5.61. The number of benzene rings is 2. The Bertz CT molecular complexity index is 919. The van der Waals surface area contributed by atoms with E-state index in [4.69, 9.17) is 9.47 Å². The Morgan fingerprint density at radius 3 is 2.83 bits per heavy atom. The molecular weight excluding hydrogens is 304 g/mol. The smallest absolute Gasteiger partial charge is 0.176 e. The van der Waals surface area contributed by atoms with Crippen molar-refractivity contribution in [3.8, 4) is 11.5 Å². The Kier molecular flexibility index (Phi) is 3.70. The first kappa shape index (κ1) is 14.4. The molecule has 24 heavy (non-hydrogen) atoms. The highest BCUT2D eigenvalue weighted by Crippen LogP contribution is 2.31. The van der Waals surface area contributed by atoms with E-state index in [0.717, 1.165) is 33.5 Å². The number of rotatable bonds is 3. The van der Waals surface area contributed by atoms with E-state index in [1.54, 1.807) is 6.20 Å². The number of anilines is 1. The zero-order valence-corrected chi connectivity index (χ0v) is 13.2. The van der Waals surface area contributed by atoms with Crippen molar-refractivity contribution in [1.29, 1.82) is 0 Å². The van der Waals surface area contributed by atoms with Gasteiger partial charge in [0.25, 0.3) is 0 Å². The number of aromatic nitrogens is 2. The summed E-state index contributed by atoms with van der Waals surface area (Å²) < 4.78 is 11.1. The molecule has 1 aliphatic heterocycles. The molecule has 120 valence electrons. The molecule has 2 aromatic carbocycles. The van der Waals surface area contributed by atoms with Crippen LogP contribution in [0, 0.1) is 0 Å². The predicted molar refractivity (Wildman–Crippen MR) is 92.8 cm³/mol. The van der Waals surface area contributed by atoms with E-state index in [9.17, 15) is 0 Å². The number of hydrazone groups is 1. The van der Waals surface area contributed by atoms with Crippen LogP contribution < -0.4 is 14.9 Å². The summed E-state index contributed by atoms with van der Waals surface area (Å²) in [6.45, 7) is 3.08. The molecule has 0 saturated carbocycles. The van der Waals surface area contributed by atoms with Gasteiger partial charge in [0.15, 0.2) is 17.3 Å². The summed E-state index contributed by atoms with van der Waals surface area (Å²) in [5, 5.41) is 14.6. The molecule has 1 N–H and O–H groups in total. The van der Waals surface area contributed by atoms with Gasteiger partial charge >= 0.3 is 0 Å². The van der Waals surface area contributed by atoms with Gasteiger partial charge in [-0.3, -0.25) is 5.43 Å². The van der Waals surface area contributed by atoms with Gasteiger partial charge < -0.3 is 9.47 Å². The lowest BCUT2D eigenvalue weighted by Crippen LogP contribution is -2.15. The Labute approximate surface area is 139 Å². The van der Waals surface area contributed by atoms with Gasteiger partial charge in [0, 0.05) is 16.3 Å². The Morgan fingerprint density at radius 2 is 1.92 bits per heavy atom. The first-order valence-electron chi connectivity index (χ1n) is 7.72. The second-order valence-corrected chi connectivity index (χ2v) is 5.45. The second kappa shape index (κ2) is 6.16. The van der Waals surface area contributed by atoms with Gasteiger partial charge in [-0.1, -0.05) is 24.3 Å². The summed E-state index contributed by atoms with van der Waals surface area (Å²) in [7, 11) is 0. The van der Waals surface area contributed by atoms with Gasteiger partial charge in [-0.25, -0.2) is 0 Å². The van der Waals surface area contributed by atoms with Crippen molar-refractivity contribution in [1.82, 2.24) is 10.2 Å². The van der Waals surface area contributed by atoms with E-state index < -0.39 is 0 Å².